The van der Waals surface area contributed by atoms with E-state index in [2.05, 4.69) is 0 Å². The molecule has 2 atom stereocenters. The van der Waals surface area contributed by atoms with Crippen LogP contribution in [0.1, 0.15) is 20.3 Å². The molecule has 0 unspecified atom stereocenters. The average Bonchev–Trinajstić information content (AvgIpc) is 2.19. The molecule has 2 rings (SSSR count). The Bertz CT molecular complexity index is 457. The number of β-lactam (4-membered cyclic amide) rings is 1. The number of carbonyl (C=O) groups is 2. The molecule has 2 aliphatic rings. The van der Waals surface area contributed by atoms with Crippen LogP contribution in [0.2, 0.25) is 0 Å². The number of fused-ring (bicyclic) bond motifs is 1. The summed E-state index contributed by atoms with van der Waals surface area (Å²) in [6.07, 6.45) is -0.116. The first-order valence-corrected chi connectivity index (χ1v) is 6.01. The quantitative estimate of drug-likeness (QED) is 0.345. The number of nitrogens with zero attached hydrogens (tertiary/aromatic N) is 1. The number of sulfone groups is 1. The fraction of sp³-hybridized carbons (Fsp3) is 0.750. The molecule has 0 aromatic rings. The van der Waals surface area contributed by atoms with Gasteiger partial charge in [0, 0.05) is 0 Å². The Morgan fingerprint density at radius 3 is 2.31 bits per heavy atom. The predicted octanol–water partition coefficient (Wildman–Crippen LogP) is -5.13. The number of carboxylic acids is 1. The Hall–Kier alpha value is -0.110. The van der Waals surface area contributed by atoms with Gasteiger partial charge in [0.2, 0.25) is 5.91 Å². The van der Waals surface area contributed by atoms with Gasteiger partial charge in [-0.2, -0.15) is 0 Å². The van der Waals surface area contributed by atoms with Crippen molar-refractivity contribution in [3.63, 3.8) is 0 Å². The van der Waals surface area contributed by atoms with Gasteiger partial charge in [0.1, 0.15) is 5.37 Å². The summed E-state index contributed by atoms with van der Waals surface area (Å²) in [7, 11) is -3.61. The van der Waals surface area contributed by atoms with E-state index in [9.17, 15) is 23.1 Å². The maximum Gasteiger partial charge on any atom is 1.00 e. The largest absolute Gasteiger partial charge is 1.00 e. The zero-order chi connectivity index (χ0) is 11.6. The van der Waals surface area contributed by atoms with Crippen LogP contribution in [0.4, 0.5) is 0 Å². The van der Waals surface area contributed by atoms with E-state index in [1.54, 1.807) is 0 Å². The summed E-state index contributed by atoms with van der Waals surface area (Å²) in [5.41, 5.74) is 0. The van der Waals surface area contributed by atoms with Crippen molar-refractivity contribution in [1.29, 1.82) is 0 Å². The molecule has 2 heterocycles. The van der Waals surface area contributed by atoms with E-state index in [4.69, 9.17) is 0 Å². The number of rotatable bonds is 1. The second-order valence-corrected chi connectivity index (χ2v) is 7.02. The van der Waals surface area contributed by atoms with Gasteiger partial charge in [0.05, 0.1) is 23.2 Å². The Balaban J connectivity index is 0.00000128. The number of carboxylic acid groups (broad SMARTS) is 1. The van der Waals surface area contributed by atoms with Gasteiger partial charge in [-0.05, 0) is 13.8 Å². The number of hydrogen-bond acceptors (Lipinski definition) is 5. The Kier molecular flexibility index (Phi) is 3.22. The van der Waals surface area contributed by atoms with Crippen LogP contribution in [0.3, 0.4) is 0 Å². The van der Waals surface area contributed by atoms with E-state index in [0.29, 0.717) is 0 Å². The SMILES string of the molecule is CC1(C)[C@@H](C(=O)[O-])N2C(=O)C[C@H]2S1(=O)=O.[Na+]. The molecule has 8 heteroatoms. The van der Waals surface area contributed by atoms with E-state index in [-0.39, 0.29) is 36.0 Å². The maximum atomic E-state index is 11.9. The molecule has 1 amide bonds. The number of hydrogen-bond donors (Lipinski definition) is 0. The van der Waals surface area contributed by atoms with Gasteiger partial charge < -0.3 is 14.8 Å². The minimum Gasteiger partial charge on any atom is -0.548 e. The smallest absolute Gasteiger partial charge is 0.548 e. The fourth-order valence-electron chi connectivity index (χ4n) is 2.21. The monoisotopic (exact) mass is 255 g/mol. The molecule has 0 aromatic heterocycles. The summed E-state index contributed by atoms with van der Waals surface area (Å²) in [5.74, 6) is -1.96. The Morgan fingerprint density at radius 2 is 2.00 bits per heavy atom. The normalized spacial score (nSPS) is 33.6. The van der Waals surface area contributed by atoms with Crippen LogP contribution < -0.4 is 34.7 Å². The third kappa shape index (κ3) is 1.38. The standard InChI is InChI=1S/C8H11NO5S.Na/c1-8(2)6(7(11)12)9-4(10)3-5(9)15(8,13)14;/h5-6H,3H2,1-2H3,(H,11,12);/q;+1/p-1/t5-,6-;/m1./s1. The Morgan fingerprint density at radius 1 is 1.50 bits per heavy atom. The van der Waals surface area contributed by atoms with Gasteiger partial charge in [-0.25, -0.2) is 8.42 Å². The molecule has 0 spiro atoms. The number of carbonyl (C=O) groups excluding carboxylic acids is 2. The molecule has 2 fully saturated rings. The molecule has 6 nitrogen and oxygen atoms in total. The molecule has 0 aromatic carbocycles. The van der Waals surface area contributed by atoms with Crippen molar-refractivity contribution in [2.75, 3.05) is 0 Å². The number of aliphatic carboxylic acids is 1. The molecule has 0 radical (unpaired) electrons. The Labute approximate surface area is 115 Å². The summed E-state index contributed by atoms with van der Waals surface area (Å²) in [6.45, 7) is 2.63. The summed E-state index contributed by atoms with van der Waals surface area (Å²) in [4.78, 5) is 23.0. The number of amides is 1. The molecule has 0 N–H and O–H groups in total. The fourth-order valence-corrected chi connectivity index (χ4v) is 4.33. The first kappa shape index (κ1) is 14.0. The van der Waals surface area contributed by atoms with Crippen LogP contribution >= 0.6 is 0 Å². The molecule has 84 valence electrons. The van der Waals surface area contributed by atoms with E-state index < -0.39 is 37.9 Å². The van der Waals surface area contributed by atoms with Crippen molar-refractivity contribution >= 4 is 21.7 Å². The molecular weight excluding hydrogens is 245 g/mol. The second kappa shape index (κ2) is 3.69. The van der Waals surface area contributed by atoms with Gasteiger partial charge in [0.15, 0.2) is 9.84 Å². The topological polar surface area (TPSA) is 94.6 Å². The minimum absolute atomic E-state index is 0. The van der Waals surface area contributed by atoms with Gasteiger partial charge >= 0.3 is 29.6 Å². The van der Waals surface area contributed by atoms with Crippen molar-refractivity contribution in [2.45, 2.75) is 36.4 Å². The van der Waals surface area contributed by atoms with E-state index in [1.165, 1.54) is 13.8 Å². The minimum atomic E-state index is -3.61. The van der Waals surface area contributed by atoms with Crippen molar-refractivity contribution < 1.29 is 52.7 Å². The van der Waals surface area contributed by atoms with Crippen LogP contribution in [0, 0.1) is 0 Å². The summed E-state index contributed by atoms with van der Waals surface area (Å²) >= 11 is 0. The van der Waals surface area contributed by atoms with Crippen molar-refractivity contribution in [1.82, 2.24) is 4.90 Å². The zero-order valence-electron chi connectivity index (χ0n) is 9.26. The molecule has 16 heavy (non-hydrogen) atoms. The maximum absolute atomic E-state index is 11.9. The molecule has 0 bridgehead atoms. The summed E-state index contributed by atoms with van der Waals surface area (Å²) < 4.78 is 22.2. The third-order valence-electron chi connectivity index (χ3n) is 3.20. The van der Waals surface area contributed by atoms with Crippen molar-refractivity contribution in [2.24, 2.45) is 0 Å². The first-order valence-electron chi connectivity index (χ1n) is 4.46. The molecule has 2 saturated heterocycles. The van der Waals surface area contributed by atoms with Crippen LogP contribution in [-0.4, -0.2) is 41.4 Å². The molecule has 0 saturated carbocycles. The average molecular weight is 255 g/mol. The van der Waals surface area contributed by atoms with E-state index in [1.807, 2.05) is 0 Å². The van der Waals surface area contributed by atoms with Gasteiger partial charge in [0.25, 0.3) is 0 Å². The van der Waals surface area contributed by atoms with Crippen molar-refractivity contribution in [3.05, 3.63) is 0 Å². The van der Waals surface area contributed by atoms with Gasteiger partial charge in [-0.3, -0.25) is 4.79 Å². The second-order valence-electron chi connectivity index (χ2n) is 4.33. The van der Waals surface area contributed by atoms with Crippen LogP contribution in [-0.2, 0) is 19.4 Å². The van der Waals surface area contributed by atoms with E-state index >= 15 is 0 Å². The van der Waals surface area contributed by atoms with Gasteiger partial charge in [-0.15, -0.1) is 0 Å². The van der Waals surface area contributed by atoms with Gasteiger partial charge in [-0.1, -0.05) is 0 Å². The summed E-state index contributed by atoms with van der Waals surface area (Å²) in [6, 6.07) is -1.37. The molecule has 0 aliphatic carbocycles. The third-order valence-corrected chi connectivity index (χ3v) is 6.00. The first-order chi connectivity index (χ1) is 6.71. The van der Waals surface area contributed by atoms with Crippen LogP contribution in [0.25, 0.3) is 0 Å². The zero-order valence-corrected chi connectivity index (χ0v) is 12.1. The summed E-state index contributed by atoms with van der Waals surface area (Å²) in [5, 5.41) is 9.90. The van der Waals surface area contributed by atoms with Crippen LogP contribution in [0.5, 0.6) is 0 Å². The predicted molar refractivity (Wildman–Crippen MR) is 47.0 cm³/mol. The van der Waals surface area contributed by atoms with Crippen LogP contribution in [0.15, 0.2) is 0 Å². The molecule has 2 aliphatic heterocycles. The molecular formula is C8H10NNaO5S. The van der Waals surface area contributed by atoms with Crippen molar-refractivity contribution in [3.8, 4) is 0 Å². The van der Waals surface area contributed by atoms with E-state index in [0.717, 1.165) is 4.90 Å².